The Morgan fingerprint density at radius 3 is 2.58 bits per heavy atom. The van der Waals surface area contributed by atoms with Crippen LogP contribution in [0.5, 0.6) is 0 Å². The summed E-state index contributed by atoms with van der Waals surface area (Å²) < 4.78 is 10.7. The molecule has 0 bridgehead atoms. The van der Waals surface area contributed by atoms with Crippen LogP contribution in [0.4, 0.5) is 0 Å². The van der Waals surface area contributed by atoms with Crippen LogP contribution in [0, 0.1) is 5.92 Å². The number of methoxy groups -OCH3 is 1. The zero-order chi connectivity index (χ0) is 17.5. The second-order valence-corrected chi connectivity index (χ2v) is 6.76. The first-order valence-electron chi connectivity index (χ1n) is 9.84. The smallest absolute Gasteiger partial charge is 0.193 e. The second kappa shape index (κ2) is 14.5. The van der Waals surface area contributed by atoms with Crippen molar-refractivity contribution in [3.05, 3.63) is 0 Å². The lowest BCUT2D eigenvalue weighted by Gasteiger charge is -2.21. The molecule has 1 heterocycles. The minimum atomic E-state index is 0.610. The van der Waals surface area contributed by atoms with Gasteiger partial charge in [0.05, 0.1) is 19.8 Å². The molecular weight excluding hydrogens is 302 g/mol. The van der Waals surface area contributed by atoms with Gasteiger partial charge >= 0.3 is 0 Å². The van der Waals surface area contributed by atoms with E-state index in [-0.39, 0.29) is 0 Å². The Morgan fingerprint density at radius 1 is 1.12 bits per heavy atom. The van der Waals surface area contributed by atoms with Gasteiger partial charge in [0, 0.05) is 39.7 Å². The maximum absolute atomic E-state index is 5.66. The molecular formula is C19H39N3O2. The van der Waals surface area contributed by atoms with Crippen LogP contribution in [0.1, 0.15) is 58.3 Å². The monoisotopic (exact) mass is 341 g/mol. The zero-order valence-electron chi connectivity index (χ0n) is 16.2. The molecule has 0 aliphatic carbocycles. The summed E-state index contributed by atoms with van der Waals surface area (Å²) in [5.74, 6) is 1.67. The van der Waals surface area contributed by atoms with E-state index in [0.717, 1.165) is 32.2 Å². The molecule has 5 heteroatoms. The highest BCUT2D eigenvalue weighted by molar-refractivity contribution is 5.80. The van der Waals surface area contributed by atoms with Crippen molar-refractivity contribution in [3.63, 3.8) is 0 Å². The standard InChI is InChI=1S/C19H39N3O2/c1-4-5-6-7-8-9-10-12-21-19(20-2)22-13-11-18(16-22)17-24-15-14-23-3/h18H,4-17H2,1-3H3,(H,20,21). The number of unbranched alkanes of at least 4 members (excludes halogenated alkanes) is 6. The van der Waals surface area contributed by atoms with Crippen molar-refractivity contribution in [2.24, 2.45) is 10.9 Å². The first-order chi connectivity index (χ1) is 11.8. The molecule has 1 aliphatic rings. The van der Waals surface area contributed by atoms with Gasteiger partial charge in [0.2, 0.25) is 0 Å². The maximum Gasteiger partial charge on any atom is 0.193 e. The van der Waals surface area contributed by atoms with Gasteiger partial charge in [-0.05, 0) is 12.8 Å². The normalized spacial score (nSPS) is 18.4. The average Bonchev–Trinajstić information content (AvgIpc) is 3.06. The lowest BCUT2D eigenvalue weighted by molar-refractivity contribution is 0.0536. The summed E-state index contributed by atoms with van der Waals surface area (Å²) in [4.78, 5) is 6.81. The highest BCUT2D eigenvalue weighted by Gasteiger charge is 2.24. The number of hydrogen-bond acceptors (Lipinski definition) is 3. The number of aliphatic imine (C=N–C) groups is 1. The summed E-state index contributed by atoms with van der Waals surface area (Å²) in [5, 5.41) is 3.53. The Balaban J connectivity index is 2.07. The van der Waals surface area contributed by atoms with E-state index in [2.05, 4.69) is 22.1 Å². The van der Waals surface area contributed by atoms with Crippen molar-refractivity contribution in [2.45, 2.75) is 58.3 Å². The fourth-order valence-electron chi connectivity index (χ4n) is 3.17. The number of hydrogen-bond donors (Lipinski definition) is 1. The van der Waals surface area contributed by atoms with Gasteiger partial charge in [-0.3, -0.25) is 4.99 Å². The largest absolute Gasteiger partial charge is 0.382 e. The maximum atomic E-state index is 5.66. The predicted molar refractivity (Wildman–Crippen MR) is 102 cm³/mol. The quantitative estimate of drug-likeness (QED) is 0.317. The molecule has 0 radical (unpaired) electrons. The van der Waals surface area contributed by atoms with Gasteiger partial charge in [-0.1, -0.05) is 45.4 Å². The van der Waals surface area contributed by atoms with Gasteiger partial charge in [0.25, 0.3) is 0 Å². The van der Waals surface area contributed by atoms with E-state index in [4.69, 9.17) is 9.47 Å². The molecule has 1 fully saturated rings. The van der Waals surface area contributed by atoms with Gasteiger partial charge in [-0.2, -0.15) is 0 Å². The minimum absolute atomic E-state index is 0.610. The van der Waals surface area contributed by atoms with Gasteiger partial charge in [0.15, 0.2) is 5.96 Å². The van der Waals surface area contributed by atoms with Crippen LogP contribution in [-0.4, -0.2) is 64.5 Å². The van der Waals surface area contributed by atoms with Crippen molar-refractivity contribution in [3.8, 4) is 0 Å². The molecule has 1 N–H and O–H groups in total. The van der Waals surface area contributed by atoms with Gasteiger partial charge in [-0.15, -0.1) is 0 Å². The fraction of sp³-hybridized carbons (Fsp3) is 0.947. The number of rotatable bonds is 13. The van der Waals surface area contributed by atoms with Crippen molar-refractivity contribution in [1.29, 1.82) is 0 Å². The van der Waals surface area contributed by atoms with Crippen molar-refractivity contribution in [1.82, 2.24) is 10.2 Å². The summed E-state index contributed by atoms with van der Waals surface area (Å²) in [6.07, 6.45) is 10.6. The molecule has 1 atom stereocenters. The Bertz CT molecular complexity index is 324. The van der Waals surface area contributed by atoms with Crippen LogP contribution < -0.4 is 5.32 Å². The molecule has 0 amide bonds. The van der Waals surface area contributed by atoms with Crippen LogP contribution in [0.15, 0.2) is 4.99 Å². The number of nitrogens with one attached hydrogen (secondary N) is 1. The Kier molecular flexibility index (Phi) is 12.9. The van der Waals surface area contributed by atoms with E-state index in [1.807, 2.05) is 7.05 Å². The molecule has 0 spiro atoms. The summed E-state index contributed by atoms with van der Waals surface area (Å²) >= 11 is 0. The molecule has 0 aromatic carbocycles. The van der Waals surface area contributed by atoms with Crippen LogP contribution in [0.3, 0.4) is 0 Å². The number of guanidine groups is 1. The van der Waals surface area contributed by atoms with Crippen LogP contribution >= 0.6 is 0 Å². The number of ether oxygens (including phenoxy) is 2. The molecule has 0 aromatic heterocycles. The first-order valence-corrected chi connectivity index (χ1v) is 9.84. The SMILES string of the molecule is CCCCCCCCCNC(=NC)N1CCC(COCCOC)C1. The Labute approximate surface area is 149 Å². The van der Waals surface area contributed by atoms with E-state index < -0.39 is 0 Å². The van der Waals surface area contributed by atoms with E-state index in [1.165, 1.54) is 51.4 Å². The number of likely N-dealkylation sites (tertiary alicyclic amines) is 1. The molecule has 1 rings (SSSR count). The van der Waals surface area contributed by atoms with Gasteiger partial charge < -0.3 is 19.7 Å². The summed E-state index contributed by atoms with van der Waals surface area (Å²) in [6.45, 7) is 7.62. The van der Waals surface area contributed by atoms with Crippen LogP contribution in [-0.2, 0) is 9.47 Å². The lowest BCUT2D eigenvalue weighted by Crippen LogP contribution is -2.40. The first kappa shape index (κ1) is 21.2. The third-order valence-corrected chi connectivity index (χ3v) is 4.65. The Hall–Kier alpha value is -0.810. The molecule has 0 saturated carbocycles. The van der Waals surface area contributed by atoms with E-state index in [9.17, 15) is 0 Å². The molecule has 0 aromatic rings. The predicted octanol–water partition coefficient (Wildman–Crippen LogP) is 3.30. The van der Waals surface area contributed by atoms with Crippen molar-refractivity contribution in [2.75, 3.05) is 53.6 Å². The average molecular weight is 342 g/mol. The lowest BCUT2D eigenvalue weighted by atomic mass is 10.1. The topological polar surface area (TPSA) is 46.1 Å². The van der Waals surface area contributed by atoms with Crippen molar-refractivity contribution < 1.29 is 9.47 Å². The number of nitrogens with zero attached hydrogens (tertiary/aromatic N) is 2. The van der Waals surface area contributed by atoms with E-state index in [0.29, 0.717) is 19.1 Å². The Morgan fingerprint density at radius 2 is 1.88 bits per heavy atom. The third kappa shape index (κ3) is 9.48. The molecule has 24 heavy (non-hydrogen) atoms. The molecule has 1 aliphatic heterocycles. The minimum Gasteiger partial charge on any atom is -0.382 e. The summed E-state index contributed by atoms with van der Waals surface area (Å²) in [7, 11) is 3.59. The molecule has 5 nitrogen and oxygen atoms in total. The fourth-order valence-corrected chi connectivity index (χ4v) is 3.17. The van der Waals surface area contributed by atoms with Crippen LogP contribution in [0.25, 0.3) is 0 Å². The van der Waals surface area contributed by atoms with E-state index >= 15 is 0 Å². The highest BCUT2D eigenvalue weighted by Crippen LogP contribution is 2.16. The van der Waals surface area contributed by atoms with Crippen molar-refractivity contribution >= 4 is 5.96 Å². The molecule has 1 saturated heterocycles. The summed E-state index contributed by atoms with van der Waals surface area (Å²) in [5.41, 5.74) is 0. The molecule has 1 unspecified atom stereocenters. The third-order valence-electron chi connectivity index (χ3n) is 4.65. The van der Waals surface area contributed by atoms with Gasteiger partial charge in [0.1, 0.15) is 0 Å². The van der Waals surface area contributed by atoms with E-state index in [1.54, 1.807) is 7.11 Å². The highest BCUT2D eigenvalue weighted by atomic mass is 16.5. The molecule has 142 valence electrons. The summed E-state index contributed by atoms with van der Waals surface area (Å²) in [6, 6.07) is 0. The second-order valence-electron chi connectivity index (χ2n) is 6.76. The van der Waals surface area contributed by atoms with Gasteiger partial charge in [-0.25, -0.2) is 0 Å². The van der Waals surface area contributed by atoms with Crippen LogP contribution in [0.2, 0.25) is 0 Å². The zero-order valence-corrected chi connectivity index (χ0v) is 16.2.